The summed E-state index contributed by atoms with van der Waals surface area (Å²) in [5.41, 5.74) is 2.72. The molecule has 4 heteroatoms. The van der Waals surface area contributed by atoms with Crippen LogP contribution >= 0.6 is 0 Å². The first-order chi connectivity index (χ1) is 11.7. The van der Waals surface area contributed by atoms with Crippen molar-refractivity contribution >= 4 is 35.2 Å². The van der Waals surface area contributed by atoms with Crippen molar-refractivity contribution in [3.8, 4) is 0 Å². The van der Waals surface area contributed by atoms with Crippen molar-refractivity contribution in [1.29, 1.82) is 0 Å². The van der Waals surface area contributed by atoms with E-state index in [0.717, 1.165) is 12.8 Å². The van der Waals surface area contributed by atoms with Gasteiger partial charge in [-0.25, -0.2) is 0 Å². The zero-order chi connectivity index (χ0) is 17.4. The molecule has 2 nitrogen and oxygen atoms in total. The molecule has 2 rings (SSSR count). The van der Waals surface area contributed by atoms with Crippen molar-refractivity contribution in [3.05, 3.63) is 59.7 Å². The fraction of sp³-hybridized carbons (Fsp3) is 0.400. The molecule has 0 fully saturated rings. The number of ether oxygens (including phenoxy) is 2. The molecule has 0 saturated carbocycles. The van der Waals surface area contributed by atoms with E-state index in [0.29, 0.717) is 26.3 Å². The third kappa shape index (κ3) is 4.95. The Hall–Kier alpha value is -0.601. The zero-order valence-corrected chi connectivity index (χ0v) is 18.2. The molecule has 0 N–H and O–H groups in total. The Bertz CT molecular complexity index is 567. The van der Waals surface area contributed by atoms with E-state index in [1.54, 1.807) is 0 Å². The summed E-state index contributed by atoms with van der Waals surface area (Å²) in [6.45, 7) is 4.37. The van der Waals surface area contributed by atoms with Gasteiger partial charge in [-0.05, 0) is 0 Å². The van der Waals surface area contributed by atoms with Gasteiger partial charge in [0.15, 0.2) is 0 Å². The molecule has 0 radical (unpaired) electrons. The molecule has 0 saturated heterocycles. The third-order valence-corrected chi connectivity index (χ3v) is 11.4. The molecule has 24 heavy (non-hydrogen) atoms. The maximum atomic E-state index is 5.67. The van der Waals surface area contributed by atoms with Crippen molar-refractivity contribution in [2.45, 2.75) is 38.9 Å². The van der Waals surface area contributed by atoms with E-state index in [1.165, 1.54) is 20.1 Å². The number of methoxy groups -OCH3 is 2. The molecule has 0 spiro atoms. The quantitative estimate of drug-likeness (QED) is 0.540. The first-order valence-corrected chi connectivity index (χ1v) is 14.4. The molecule has 130 valence electrons. The first-order valence-electron chi connectivity index (χ1n) is 8.33. The summed E-state index contributed by atoms with van der Waals surface area (Å²) in [4.78, 5) is 0. The van der Waals surface area contributed by atoms with Gasteiger partial charge in [-0.2, -0.15) is 0 Å². The molecule has 0 aliphatic rings. The average Bonchev–Trinajstić information content (AvgIpc) is 2.64. The molecule has 0 aliphatic heterocycles. The van der Waals surface area contributed by atoms with Crippen molar-refractivity contribution in [3.63, 3.8) is 0 Å². The Morgan fingerprint density at radius 2 is 1.08 bits per heavy atom. The van der Waals surface area contributed by atoms with Crippen molar-refractivity contribution in [2.24, 2.45) is 0 Å². The van der Waals surface area contributed by atoms with Crippen LogP contribution in [0.25, 0.3) is 0 Å². The maximum absolute atomic E-state index is 5.67. The summed E-state index contributed by atoms with van der Waals surface area (Å²) in [5.74, 6) is 0. The summed E-state index contributed by atoms with van der Waals surface area (Å²) < 4.78 is 14.3. The normalized spacial score (nSPS) is 13.7. The molecule has 0 aromatic heterocycles. The SMILES string of the molecule is CCC(OC)c1ccccc1[Se][Se]c1ccccc1C(CC)OC. The minimum absolute atomic E-state index is 0.205. The molecule has 0 amide bonds. The summed E-state index contributed by atoms with van der Waals surface area (Å²) >= 11 is 0.884. The van der Waals surface area contributed by atoms with E-state index in [2.05, 4.69) is 62.4 Å². The van der Waals surface area contributed by atoms with E-state index in [-0.39, 0.29) is 12.2 Å². The van der Waals surface area contributed by atoms with E-state index in [4.69, 9.17) is 9.47 Å². The van der Waals surface area contributed by atoms with Crippen LogP contribution in [0.4, 0.5) is 0 Å². The van der Waals surface area contributed by atoms with Crippen LogP contribution in [0, 0.1) is 0 Å². The van der Waals surface area contributed by atoms with Gasteiger partial charge < -0.3 is 0 Å². The molecule has 2 aromatic carbocycles. The number of benzene rings is 2. The van der Waals surface area contributed by atoms with Crippen LogP contribution in [-0.2, 0) is 9.47 Å². The summed E-state index contributed by atoms with van der Waals surface area (Å²) in [7, 11) is 3.62. The van der Waals surface area contributed by atoms with Crippen molar-refractivity contribution < 1.29 is 9.47 Å². The second kappa shape index (κ2) is 10.4. The van der Waals surface area contributed by atoms with Gasteiger partial charge in [-0.15, -0.1) is 0 Å². The van der Waals surface area contributed by atoms with Gasteiger partial charge in [0.05, 0.1) is 0 Å². The predicted molar refractivity (Wildman–Crippen MR) is 104 cm³/mol. The number of hydrogen-bond donors (Lipinski definition) is 0. The fourth-order valence-electron chi connectivity index (χ4n) is 2.76. The Balaban J connectivity index is 2.21. The predicted octanol–water partition coefficient (Wildman–Crippen LogP) is 3.16. The van der Waals surface area contributed by atoms with Gasteiger partial charge >= 0.3 is 157 Å². The van der Waals surface area contributed by atoms with Crippen molar-refractivity contribution in [1.82, 2.24) is 0 Å². The van der Waals surface area contributed by atoms with Crippen LogP contribution in [0.3, 0.4) is 0 Å². The fourth-order valence-corrected chi connectivity index (χ4v) is 10.2. The van der Waals surface area contributed by atoms with Crippen molar-refractivity contribution in [2.75, 3.05) is 14.2 Å². The van der Waals surface area contributed by atoms with Crippen LogP contribution in [0.1, 0.15) is 50.0 Å². The second-order valence-corrected chi connectivity index (χ2v) is 11.7. The molecule has 0 heterocycles. The van der Waals surface area contributed by atoms with E-state index >= 15 is 0 Å². The van der Waals surface area contributed by atoms with E-state index < -0.39 is 0 Å². The van der Waals surface area contributed by atoms with E-state index in [1.807, 2.05) is 14.2 Å². The van der Waals surface area contributed by atoms with Crippen LogP contribution < -0.4 is 8.92 Å². The summed E-state index contributed by atoms with van der Waals surface area (Å²) in [5, 5.41) is 0. The van der Waals surface area contributed by atoms with Gasteiger partial charge in [-0.3, -0.25) is 0 Å². The summed E-state index contributed by atoms with van der Waals surface area (Å²) in [6.07, 6.45) is 2.43. The Morgan fingerprint density at radius 1 is 0.708 bits per heavy atom. The molecular weight excluding hydrogens is 430 g/mol. The van der Waals surface area contributed by atoms with Crippen LogP contribution in [-0.4, -0.2) is 40.5 Å². The van der Waals surface area contributed by atoms with Crippen LogP contribution in [0.5, 0.6) is 0 Å². The first kappa shape index (κ1) is 19.7. The van der Waals surface area contributed by atoms with Gasteiger partial charge in [0.2, 0.25) is 0 Å². The molecule has 2 atom stereocenters. The molecule has 2 unspecified atom stereocenters. The molecule has 0 bridgehead atoms. The van der Waals surface area contributed by atoms with Crippen LogP contribution in [0.2, 0.25) is 0 Å². The van der Waals surface area contributed by atoms with Gasteiger partial charge in [-0.1, -0.05) is 0 Å². The van der Waals surface area contributed by atoms with Gasteiger partial charge in [0.1, 0.15) is 0 Å². The summed E-state index contributed by atoms with van der Waals surface area (Å²) in [6, 6.07) is 17.5. The molecule has 0 aliphatic carbocycles. The molecule has 2 aromatic rings. The number of hydrogen-bond acceptors (Lipinski definition) is 2. The Morgan fingerprint density at radius 3 is 1.42 bits per heavy atom. The Kier molecular flexibility index (Phi) is 8.55. The zero-order valence-electron chi connectivity index (χ0n) is 14.8. The Labute approximate surface area is 157 Å². The third-order valence-electron chi connectivity index (χ3n) is 4.06. The second-order valence-electron chi connectivity index (χ2n) is 5.51. The van der Waals surface area contributed by atoms with Gasteiger partial charge in [0.25, 0.3) is 0 Å². The van der Waals surface area contributed by atoms with Crippen LogP contribution in [0.15, 0.2) is 48.5 Å². The minimum atomic E-state index is 0.205. The average molecular weight is 456 g/mol. The number of rotatable bonds is 9. The monoisotopic (exact) mass is 458 g/mol. The van der Waals surface area contributed by atoms with Gasteiger partial charge in [0, 0.05) is 0 Å². The van der Waals surface area contributed by atoms with E-state index in [9.17, 15) is 0 Å². The standard InChI is InChI=1S/C20H26O2Se2/c1-5-17(21-3)15-11-7-9-13-19(15)23-24-20-14-10-8-12-16(20)18(6-2)22-4/h7-14,17-18H,5-6H2,1-4H3. The molecular formula is C20H26O2Se2. The topological polar surface area (TPSA) is 18.5 Å².